The number of nitrogens with two attached hydrogens (primary N) is 1. The van der Waals surface area contributed by atoms with E-state index in [2.05, 4.69) is 15.6 Å². The summed E-state index contributed by atoms with van der Waals surface area (Å²) in [6.45, 7) is 1.87. The van der Waals surface area contributed by atoms with Gasteiger partial charge in [0.2, 0.25) is 5.82 Å². The second-order valence-electron chi connectivity index (χ2n) is 4.37. The van der Waals surface area contributed by atoms with Gasteiger partial charge in [0.05, 0.1) is 4.92 Å². The van der Waals surface area contributed by atoms with Gasteiger partial charge in [0.15, 0.2) is 0 Å². The SMILES string of the molecule is Nc1nc(NCCC2CCCN2)ccc1[N+](=O)[O-]. The molecule has 98 valence electrons. The van der Waals surface area contributed by atoms with Crippen LogP contribution in [0.4, 0.5) is 17.3 Å². The van der Waals surface area contributed by atoms with Crippen molar-refractivity contribution in [3.8, 4) is 0 Å². The maximum atomic E-state index is 10.6. The summed E-state index contributed by atoms with van der Waals surface area (Å²) in [5.74, 6) is 0.528. The molecule has 1 aliphatic rings. The van der Waals surface area contributed by atoms with E-state index in [-0.39, 0.29) is 11.5 Å². The molecule has 1 aliphatic heterocycles. The maximum Gasteiger partial charge on any atom is 0.311 e. The number of pyridine rings is 1. The van der Waals surface area contributed by atoms with E-state index >= 15 is 0 Å². The molecule has 1 unspecified atom stereocenters. The first-order chi connectivity index (χ1) is 8.66. The third kappa shape index (κ3) is 3.07. The summed E-state index contributed by atoms with van der Waals surface area (Å²) in [5, 5.41) is 17.1. The van der Waals surface area contributed by atoms with E-state index in [0.29, 0.717) is 11.9 Å². The number of nitrogens with zero attached hydrogens (tertiary/aromatic N) is 2. The first kappa shape index (κ1) is 12.6. The third-order valence-electron chi connectivity index (χ3n) is 3.06. The highest BCUT2D eigenvalue weighted by Gasteiger charge is 2.14. The summed E-state index contributed by atoms with van der Waals surface area (Å²) in [6, 6.07) is 3.52. The zero-order chi connectivity index (χ0) is 13.0. The fourth-order valence-electron chi connectivity index (χ4n) is 2.10. The molecule has 0 radical (unpaired) electrons. The lowest BCUT2D eigenvalue weighted by Gasteiger charge is -2.11. The molecule has 7 heteroatoms. The highest BCUT2D eigenvalue weighted by Crippen LogP contribution is 2.20. The van der Waals surface area contributed by atoms with Crippen LogP contribution < -0.4 is 16.4 Å². The maximum absolute atomic E-state index is 10.6. The van der Waals surface area contributed by atoms with E-state index in [9.17, 15) is 10.1 Å². The van der Waals surface area contributed by atoms with E-state index in [1.807, 2.05) is 0 Å². The molecule has 0 bridgehead atoms. The van der Waals surface area contributed by atoms with Gasteiger partial charge >= 0.3 is 5.69 Å². The van der Waals surface area contributed by atoms with Crippen molar-refractivity contribution in [1.29, 1.82) is 0 Å². The zero-order valence-corrected chi connectivity index (χ0v) is 10.1. The smallest absolute Gasteiger partial charge is 0.311 e. The van der Waals surface area contributed by atoms with Gasteiger partial charge < -0.3 is 16.4 Å². The average Bonchev–Trinajstić information content (AvgIpc) is 2.81. The summed E-state index contributed by atoms with van der Waals surface area (Å²) in [4.78, 5) is 14.0. The van der Waals surface area contributed by atoms with Crippen LogP contribution in [0.2, 0.25) is 0 Å². The van der Waals surface area contributed by atoms with Gasteiger partial charge in [0, 0.05) is 18.7 Å². The Kier molecular flexibility index (Phi) is 3.93. The van der Waals surface area contributed by atoms with Crippen LogP contribution in [0.1, 0.15) is 19.3 Å². The second-order valence-corrected chi connectivity index (χ2v) is 4.37. The molecule has 2 rings (SSSR count). The third-order valence-corrected chi connectivity index (χ3v) is 3.06. The van der Waals surface area contributed by atoms with E-state index in [0.717, 1.165) is 19.5 Å². The Bertz CT molecular complexity index is 431. The lowest BCUT2D eigenvalue weighted by atomic mass is 10.1. The first-order valence-electron chi connectivity index (χ1n) is 6.05. The normalized spacial score (nSPS) is 18.8. The number of hydrogen-bond donors (Lipinski definition) is 3. The number of nitrogens with one attached hydrogen (secondary N) is 2. The highest BCUT2D eigenvalue weighted by atomic mass is 16.6. The van der Waals surface area contributed by atoms with Crippen molar-refractivity contribution < 1.29 is 4.92 Å². The van der Waals surface area contributed by atoms with Gasteiger partial charge in [0.25, 0.3) is 0 Å². The predicted octanol–water partition coefficient (Wildman–Crippen LogP) is 1.13. The first-order valence-corrected chi connectivity index (χ1v) is 6.05. The lowest BCUT2D eigenvalue weighted by Crippen LogP contribution is -2.24. The second kappa shape index (κ2) is 5.63. The van der Waals surface area contributed by atoms with Crippen LogP contribution in [0, 0.1) is 10.1 Å². The molecule has 7 nitrogen and oxygen atoms in total. The summed E-state index contributed by atoms with van der Waals surface area (Å²) in [6.07, 6.45) is 3.45. The van der Waals surface area contributed by atoms with Crippen LogP contribution in [-0.4, -0.2) is 29.0 Å². The molecule has 1 atom stereocenters. The zero-order valence-electron chi connectivity index (χ0n) is 10.1. The number of rotatable bonds is 5. The van der Waals surface area contributed by atoms with Gasteiger partial charge in [-0.1, -0.05) is 0 Å². The van der Waals surface area contributed by atoms with Gasteiger partial charge in [-0.25, -0.2) is 4.98 Å². The molecule has 0 saturated carbocycles. The number of aromatic nitrogens is 1. The molecule has 0 spiro atoms. The monoisotopic (exact) mass is 251 g/mol. The molecule has 18 heavy (non-hydrogen) atoms. The van der Waals surface area contributed by atoms with Crippen molar-refractivity contribution in [3.05, 3.63) is 22.2 Å². The predicted molar refractivity (Wildman–Crippen MR) is 69.4 cm³/mol. The van der Waals surface area contributed by atoms with Crippen molar-refractivity contribution in [2.45, 2.75) is 25.3 Å². The van der Waals surface area contributed by atoms with Crippen LogP contribution in [0.5, 0.6) is 0 Å². The minimum absolute atomic E-state index is 0.0519. The molecule has 1 saturated heterocycles. The molecule has 1 aromatic rings. The number of hydrogen-bond acceptors (Lipinski definition) is 6. The van der Waals surface area contributed by atoms with Crippen LogP contribution in [-0.2, 0) is 0 Å². The topological polar surface area (TPSA) is 106 Å². The highest BCUT2D eigenvalue weighted by molar-refractivity contribution is 5.57. The minimum Gasteiger partial charge on any atom is -0.378 e. The van der Waals surface area contributed by atoms with Crippen LogP contribution in [0.3, 0.4) is 0 Å². The van der Waals surface area contributed by atoms with Crippen molar-refractivity contribution in [2.75, 3.05) is 24.1 Å². The standard InChI is InChI=1S/C11H17N5O2/c12-11-9(16(17)18)3-4-10(15-11)14-7-5-8-2-1-6-13-8/h3-4,8,13H,1-2,5-7H2,(H3,12,14,15). The summed E-state index contributed by atoms with van der Waals surface area (Å²) >= 11 is 0. The van der Waals surface area contributed by atoms with E-state index < -0.39 is 4.92 Å². The van der Waals surface area contributed by atoms with Crippen molar-refractivity contribution in [3.63, 3.8) is 0 Å². The summed E-state index contributed by atoms with van der Waals surface area (Å²) in [5.41, 5.74) is 5.36. The lowest BCUT2D eigenvalue weighted by molar-refractivity contribution is -0.384. The van der Waals surface area contributed by atoms with Crippen molar-refractivity contribution >= 4 is 17.3 Å². The van der Waals surface area contributed by atoms with Crippen molar-refractivity contribution in [2.24, 2.45) is 0 Å². The molecule has 2 heterocycles. The van der Waals surface area contributed by atoms with Crippen molar-refractivity contribution in [1.82, 2.24) is 10.3 Å². The summed E-state index contributed by atoms with van der Waals surface area (Å²) in [7, 11) is 0. The average molecular weight is 251 g/mol. The van der Waals surface area contributed by atoms with Gasteiger partial charge in [-0.15, -0.1) is 0 Å². The Labute approximate surface area is 105 Å². The van der Waals surface area contributed by atoms with Gasteiger partial charge in [0.1, 0.15) is 5.82 Å². The molecule has 0 aromatic carbocycles. The quantitative estimate of drug-likeness (QED) is 0.535. The molecule has 4 N–H and O–H groups in total. The van der Waals surface area contributed by atoms with Crippen LogP contribution >= 0.6 is 0 Å². The van der Waals surface area contributed by atoms with Gasteiger partial charge in [-0.2, -0.15) is 0 Å². The molecule has 0 aliphatic carbocycles. The Hall–Kier alpha value is -1.89. The van der Waals surface area contributed by atoms with E-state index in [4.69, 9.17) is 5.73 Å². The Morgan fingerprint density at radius 3 is 3.06 bits per heavy atom. The fourth-order valence-corrected chi connectivity index (χ4v) is 2.10. The van der Waals surface area contributed by atoms with Crippen LogP contribution in [0.15, 0.2) is 12.1 Å². The number of nitrogen functional groups attached to an aromatic ring is 1. The molecular formula is C11H17N5O2. The Balaban J connectivity index is 1.85. The minimum atomic E-state index is -0.533. The van der Waals surface area contributed by atoms with Gasteiger partial charge in [-0.05, 0) is 31.9 Å². The number of anilines is 2. The number of nitro groups is 1. The van der Waals surface area contributed by atoms with Gasteiger partial charge in [-0.3, -0.25) is 10.1 Å². The van der Waals surface area contributed by atoms with E-state index in [1.54, 1.807) is 6.07 Å². The fraction of sp³-hybridized carbons (Fsp3) is 0.545. The summed E-state index contributed by atoms with van der Waals surface area (Å²) < 4.78 is 0. The largest absolute Gasteiger partial charge is 0.378 e. The molecular weight excluding hydrogens is 234 g/mol. The Morgan fingerprint density at radius 1 is 1.61 bits per heavy atom. The van der Waals surface area contributed by atoms with E-state index in [1.165, 1.54) is 18.9 Å². The van der Waals surface area contributed by atoms with Crippen LogP contribution in [0.25, 0.3) is 0 Å². The molecule has 0 amide bonds. The molecule has 1 fully saturated rings. The Morgan fingerprint density at radius 2 is 2.44 bits per heavy atom. The molecule has 1 aromatic heterocycles.